The number of hydrogen-bond donors (Lipinski definition) is 1. The zero-order valence-corrected chi connectivity index (χ0v) is 13.3. The molecule has 0 radical (unpaired) electrons. The van der Waals surface area contributed by atoms with Crippen molar-refractivity contribution in [3.05, 3.63) is 29.3 Å². The molecular weight excluding hydrogens is 250 g/mol. The molecule has 1 aromatic carbocycles. The van der Waals surface area contributed by atoms with Crippen LogP contribution in [0.4, 0.5) is 5.69 Å². The van der Waals surface area contributed by atoms with E-state index >= 15 is 0 Å². The second-order valence-electron chi connectivity index (χ2n) is 7.18. The topological polar surface area (TPSA) is 40.5 Å². The van der Waals surface area contributed by atoms with Crippen molar-refractivity contribution < 1.29 is 9.90 Å². The minimum absolute atomic E-state index is 0.178. The van der Waals surface area contributed by atoms with Crippen LogP contribution in [0, 0.1) is 6.92 Å². The number of hydrogen-bond acceptors (Lipinski definition) is 2. The molecule has 20 heavy (non-hydrogen) atoms. The zero-order valence-electron chi connectivity index (χ0n) is 13.3. The highest BCUT2D eigenvalue weighted by atomic mass is 16.4. The van der Waals surface area contributed by atoms with E-state index in [-0.39, 0.29) is 5.54 Å². The standard InChI is InChI=1S/C17H25NO2/c1-11-7-8-13-12(2)10-16(3,4)18(14(13)9-11)17(5,6)15(19)20/h7-9,12H,10H2,1-6H3,(H,19,20)/t12-/m1/s1. The molecule has 1 aliphatic heterocycles. The fourth-order valence-corrected chi connectivity index (χ4v) is 3.69. The van der Waals surface area contributed by atoms with Gasteiger partial charge in [0.1, 0.15) is 5.54 Å². The Kier molecular flexibility index (Phi) is 3.35. The lowest BCUT2D eigenvalue weighted by Crippen LogP contribution is -2.61. The van der Waals surface area contributed by atoms with Crippen LogP contribution >= 0.6 is 0 Å². The lowest BCUT2D eigenvalue weighted by molar-refractivity contribution is -0.142. The van der Waals surface area contributed by atoms with Gasteiger partial charge >= 0.3 is 5.97 Å². The average Bonchev–Trinajstić information content (AvgIpc) is 2.25. The van der Waals surface area contributed by atoms with E-state index in [0.717, 1.165) is 12.1 Å². The predicted octanol–water partition coefficient (Wildman–Crippen LogP) is 3.95. The van der Waals surface area contributed by atoms with Gasteiger partial charge in [0.05, 0.1) is 0 Å². The molecule has 0 saturated heterocycles. The minimum Gasteiger partial charge on any atom is -0.480 e. The molecule has 0 aliphatic carbocycles. The van der Waals surface area contributed by atoms with Crippen LogP contribution in [-0.4, -0.2) is 22.2 Å². The van der Waals surface area contributed by atoms with Crippen molar-refractivity contribution in [3.63, 3.8) is 0 Å². The van der Waals surface area contributed by atoms with E-state index in [9.17, 15) is 9.90 Å². The van der Waals surface area contributed by atoms with Gasteiger partial charge in [0, 0.05) is 11.2 Å². The molecule has 1 aromatic rings. The molecule has 0 spiro atoms. The molecule has 0 saturated carbocycles. The Labute approximate surface area is 121 Å². The zero-order chi connectivity index (χ0) is 15.3. The highest BCUT2D eigenvalue weighted by Gasteiger charge is 2.47. The highest BCUT2D eigenvalue weighted by Crippen LogP contribution is 2.46. The second kappa shape index (κ2) is 4.51. The number of aryl methyl sites for hydroxylation is 1. The van der Waals surface area contributed by atoms with E-state index in [1.54, 1.807) is 13.8 Å². The van der Waals surface area contributed by atoms with Gasteiger partial charge in [0.15, 0.2) is 0 Å². The van der Waals surface area contributed by atoms with Crippen LogP contribution in [0.5, 0.6) is 0 Å². The first-order chi connectivity index (χ1) is 9.07. The molecule has 1 atom stereocenters. The molecule has 1 aliphatic rings. The number of benzene rings is 1. The van der Waals surface area contributed by atoms with Crippen molar-refractivity contribution in [3.8, 4) is 0 Å². The molecule has 0 bridgehead atoms. The Hall–Kier alpha value is -1.51. The van der Waals surface area contributed by atoms with Crippen molar-refractivity contribution in [1.82, 2.24) is 0 Å². The number of rotatable bonds is 2. The average molecular weight is 275 g/mol. The van der Waals surface area contributed by atoms with Gasteiger partial charge in [-0.2, -0.15) is 0 Å². The number of anilines is 1. The lowest BCUT2D eigenvalue weighted by atomic mass is 9.77. The second-order valence-corrected chi connectivity index (χ2v) is 7.18. The van der Waals surface area contributed by atoms with E-state index in [4.69, 9.17) is 0 Å². The minimum atomic E-state index is -0.924. The summed E-state index contributed by atoms with van der Waals surface area (Å²) >= 11 is 0. The third-order valence-electron chi connectivity index (χ3n) is 4.45. The van der Waals surface area contributed by atoms with Crippen LogP contribution in [-0.2, 0) is 4.79 Å². The van der Waals surface area contributed by atoms with Crippen molar-refractivity contribution in [2.45, 2.75) is 65.0 Å². The summed E-state index contributed by atoms with van der Waals surface area (Å²) in [5, 5.41) is 9.64. The summed E-state index contributed by atoms with van der Waals surface area (Å²) in [6, 6.07) is 6.38. The SMILES string of the molecule is Cc1ccc2c(c1)N(C(C)(C)C(=O)O)C(C)(C)C[C@H]2C. The van der Waals surface area contributed by atoms with Crippen LogP contribution in [0.3, 0.4) is 0 Å². The summed E-state index contributed by atoms with van der Waals surface area (Å²) in [5.41, 5.74) is 2.39. The van der Waals surface area contributed by atoms with Gasteiger partial charge in [-0.25, -0.2) is 4.79 Å². The van der Waals surface area contributed by atoms with E-state index in [1.165, 1.54) is 11.1 Å². The first-order valence-electron chi connectivity index (χ1n) is 7.21. The van der Waals surface area contributed by atoms with Crippen LogP contribution in [0.1, 0.15) is 58.1 Å². The number of aliphatic carboxylic acids is 1. The Morgan fingerprint density at radius 1 is 1.40 bits per heavy atom. The fraction of sp³-hybridized carbons (Fsp3) is 0.588. The molecule has 1 N–H and O–H groups in total. The normalized spacial score (nSPS) is 21.5. The van der Waals surface area contributed by atoms with Crippen molar-refractivity contribution in [2.24, 2.45) is 0 Å². The number of nitrogens with zero attached hydrogens (tertiary/aromatic N) is 1. The number of carbonyl (C=O) groups is 1. The van der Waals surface area contributed by atoms with Gasteiger partial charge in [0.25, 0.3) is 0 Å². The van der Waals surface area contributed by atoms with Crippen LogP contribution in [0.25, 0.3) is 0 Å². The predicted molar refractivity (Wildman–Crippen MR) is 82.5 cm³/mol. The molecule has 2 rings (SSSR count). The molecule has 110 valence electrons. The highest BCUT2D eigenvalue weighted by molar-refractivity contribution is 5.84. The van der Waals surface area contributed by atoms with Crippen molar-refractivity contribution in [2.75, 3.05) is 4.90 Å². The van der Waals surface area contributed by atoms with E-state index in [0.29, 0.717) is 5.92 Å². The smallest absolute Gasteiger partial charge is 0.328 e. The molecule has 0 amide bonds. The van der Waals surface area contributed by atoms with Gasteiger partial charge in [0.2, 0.25) is 0 Å². The Morgan fingerprint density at radius 2 is 2.00 bits per heavy atom. The summed E-state index contributed by atoms with van der Waals surface area (Å²) in [5.74, 6) is -0.339. The summed E-state index contributed by atoms with van der Waals surface area (Å²) in [4.78, 5) is 13.8. The maximum absolute atomic E-state index is 11.7. The number of fused-ring (bicyclic) bond motifs is 1. The molecule has 0 fully saturated rings. The van der Waals surface area contributed by atoms with Crippen LogP contribution in [0.2, 0.25) is 0 Å². The fourth-order valence-electron chi connectivity index (χ4n) is 3.69. The van der Waals surface area contributed by atoms with Crippen LogP contribution < -0.4 is 4.90 Å². The van der Waals surface area contributed by atoms with Gasteiger partial charge in [-0.3, -0.25) is 0 Å². The molecule has 3 heteroatoms. The van der Waals surface area contributed by atoms with Gasteiger partial charge < -0.3 is 10.0 Å². The first-order valence-corrected chi connectivity index (χ1v) is 7.21. The van der Waals surface area contributed by atoms with Gasteiger partial charge in [-0.1, -0.05) is 19.1 Å². The maximum atomic E-state index is 11.7. The number of carboxylic acids is 1. The third kappa shape index (κ3) is 2.19. The Morgan fingerprint density at radius 3 is 2.55 bits per heavy atom. The van der Waals surface area contributed by atoms with Crippen LogP contribution in [0.15, 0.2) is 18.2 Å². The molecule has 0 unspecified atom stereocenters. The third-order valence-corrected chi connectivity index (χ3v) is 4.45. The van der Waals surface area contributed by atoms with Gasteiger partial charge in [-0.15, -0.1) is 0 Å². The Bertz CT molecular complexity index is 546. The maximum Gasteiger partial charge on any atom is 0.328 e. The summed E-state index contributed by atoms with van der Waals surface area (Å²) in [7, 11) is 0. The van der Waals surface area contributed by atoms with Gasteiger partial charge in [-0.05, 0) is 64.2 Å². The Balaban J connectivity index is 2.68. The lowest BCUT2D eigenvalue weighted by Gasteiger charge is -2.53. The largest absolute Gasteiger partial charge is 0.480 e. The summed E-state index contributed by atoms with van der Waals surface area (Å²) in [6.45, 7) is 12.1. The van der Waals surface area contributed by atoms with Crippen molar-refractivity contribution >= 4 is 11.7 Å². The molecule has 3 nitrogen and oxygen atoms in total. The molecular formula is C17H25NO2. The summed E-state index contributed by atoms with van der Waals surface area (Å²) in [6.07, 6.45) is 0.958. The van der Waals surface area contributed by atoms with E-state index < -0.39 is 11.5 Å². The number of carboxylic acid groups (broad SMARTS) is 1. The quantitative estimate of drug-likeness (QED) is 0.888. The molecule has 1 heterocycles. The molecule has 0 aromatic heterocycles. The van der Waals surface area contributed by atoms with Crippen molar-refractivity contribution in [1.29, 1.82) is 0 Å². The summed E-state index contributed by atoms with van der Waals surface area (Å²) < 4.78 is 0. The van der Waals surface area contributed by atoms with E-state index in [1.807, 2.05) is 0 Å². The first kappa shape index (κ1) is 14.9. The monoisotopic (exact) mass is 275 g/mol. The van der Waals surface area contributed by atoms with E-state index in [2.05, 4.69) is 50.8 Å².